The summed E-state index contributed by atoms with van der Waals surface area (Å²) < 4.78 is 40.8. The van der Waals surface area contributed by atoms with Crippen LogP contribution in [0.15, 0.2) is 4.52 Å². The second kappa shape index (κ2) is 5.05. The lowest BCUT2D eigenvalue weighted by molar-refractivity contribution is -0.195. The Morgan fingerprint density at radius 3 is 2.56 bits per heavy atom. The molecule has 16 heavy (non-hydrogen) atoms. The maximum absolute atomic E-state index is 12.0. The summed E-state index contributed by atoms with van der Waals surface area (Å²) in [6.45, 7) is 3.26. The van der Waals surface area contributed by atoms with E-state index in [4.69, 9.17) is 9.63 Å². The fraction of sp³-hybridized carbons (Fsp3) is 0.750. The minimum absolute atomic E-state index is 0.261. The first kappa shape index (κ1) is 13.3. The molecule has 0 bridgehead atoms. The van der Waals surface area contributed by atoms with Crippen LogP contribution in [-0.4, -0.2) is 33.3 Å². The fourth-order valence-electron chi connectivity index (χ4n) is 0.880. The fourth-order valence-corrected chi connectivity index (χ4v) is 1.78. The van der Waals surface area contributed by atoms with E-state index in [0.717, 1.165) is 11.8 Å². The van der Waals surface area contributed by atoms with Crippen LogP contribution in [0.4, 0.5) is 13.2 Å². The van der Waals surface area contributed by atoms with E-state index in [9.17, 15) is 13.2 Å². The van der Waals surface area contributed by atoms with Crippen molar-refractivity contribution in [2.24, 2.45) is 0 Å². The van der Waals surface area contributed by atoms with E-state index >= 15 is 0 Å². The van der Waals surface area contributed by atoms with Crippen LogP contribution in [0.25, 0.3) is 0 Å². The van der Waals surface area contributed by atoms with Crippen LogP contribution in [0, 0.1) is 6.92 Å². The Kier molecular flexibility index (Phi) is 4.20. The summed E-state index contributed by atoms with van der Waals surface area (Å²) in [4.78, 5) is 3.89. The van der Waals surface area contributed by atoms with Crippen molar-refractivity contribution >= 4 is 11.8 Å². The summed E-state index contributed by atoms with van der Waals surface area (Å²) in [5.74, 6) is 0.238. The molecule has 0 saturated heterocycles. The summed E-state index contributed by atoms with van der Waals surface area (Å²) in [6, 6.07) is 0. The van der Waals surface area contributed by atoms with E-state index < -0.39 is 18.0 Å². The van der Waals surface area contributed by atoms with Crippen molar-refractivity contribution < 1.29 is 22.8 Å². The molecule has 0 aliphatic carbocycles. The summed E-state index contributed by atoms with van der Waals surface area (Å²) in [5, 5.41) is 11.9. The molecule has 0 saturated carbocycles. The van der Waals surface area contributed by atoms with E-state index in [2.05, 4.69) is 10.1 Å². The van der Waals surface area contributed by atoms with Gasteiger partial charge in [-0.3, -0.25) is 0 Å². The molecular weight excluding hydrogens is 245 g/mol. The second-order valence-electron chi connectivity index (χ2n) is 3.21. The zero-order valence-corrected chi connectivity index (χ0v) is 9.47. The molecule has 0 radical (unpaired) electrons. The van der Waals surface area contributed by atoms with Gasteiger partial charge in [-0.1, -0.05) is 5.16 Å². The predicted molar refractivity (Wildman–Crippen MR) is 52.0 cm³/mol. The lowest BCUT2D eigenvalue weighted by atomic mass is 10.4. The van der Waals surface area contributed by atoms with Crippen LogP contribution < -0.4 is 0 Å². The van der Waals surface area contributed by atoms with Crippen molar-refractivity contribution in [3.8, 4) is 0 Å². The first-order valence-corrected chi connectivity index (χ1v) is 5.52. The van der Waals surface area contributed by atoms with Crippen LogP contribution in [0.3, 0.4) is 0 Å². The monoisotopic (exact) mass is 256 g/mol. The van der Waals surface area contributed by atoms with Crippen molar-refractivity contribution in [3.05, 3.63) is 11.7 Å². The zero-order valence-electron chi connectivity index (χ0n) is 8.65. The molecule has 0 amide bonds. The Bertz CT molecular complexity index is 342. The van der Waals surface area contributed by atoms with Gasteiger partial charge in [0.15, 0.2) is 11.9 Å². The number of nitrogens with zero attached hydrogens (tertiary/aromatic N) is 2. The highest BCUT2D eigenvalue weighted by Gasteiger charge is 2.38. The average molecular weight is 256 g/mol. The molecule has 1 heterocycles. The van der Waals surface area contributed by atoms with Crippen LogP contribution in [-0.2, 0) is 0 Å². The molecule has 0 unspecified atom stereocenters. The average Bonchev–Trinajstić information content (AvgIpc) is 2.59. The van der Waals surface area contributed by atoms with E-state index in [-0.39, 0.29) is 11.1 Å². The minimum Gasteiger partial charge on any atom is -0.383 e. The van der Waals surface area contributed by atoms with E-state index in [1.54, 1.807) is 13.8 Å². The first-order chi connectivity index (χ1) is 7.30. The smallest absolute Gasteiger partial charge is 0.383 e. The highest BCUT2D eigenvalue weighted by molar-refractivity contribution is 7.99. The molecule has 92 valence electrons. The topological polar surface area (TPSA) is 59.2 Å². The molecule has 1 aromatic rings. The Hall–Kier alpha value is -0.760. The lowest BCUT2D eigenvalue weighted by Crippen LogP contribution is -2.30. The highest BCUT2D eigenvalue weighted by atomic mass is 32.2. The minimum atomic E-state index is -4.59. The molecule has 0 aromatic carbocycles. The molecule has 0 fully saturated rings. The molecule has 1 N–H and O–H groups in total. The standard InChI is InChI=1S/C8H11F3N2O2S/c1-4(7-12-5(2)13-15-7)16-3-6(14)8(9,10)11/h4,6,14H,3H2,1-2H3/t4-,6+/m1/s1. The van der Waals surface area contributed by atoms with E-state index in [0.29, 0.717) is 5.82 Å². The number of alkyl halides is 3. The van der Waals surface area contributed by atoms with Crippen molar-refractivity contribution in [1.82, 2.24) is 10.1 Å². The molecule has 0 spiro atoms. The van der Waals surface area contributed by atoms with Crippen LogP contribution >= 0.6 is 11.8 Å². The summed E-state index contributed by atoms with van der Waals surface area (Å²) in [7, 11) is 0. The van der Waals surface area contributed by atoms with Gasteiger partial charge in [0, 0.05) is 5.75 Å². The number of aromatic nitrogens is 2. The third-order valence-corrected chi connectivity index (χ3v) is 2.98. The lowest BCUT2D eigenvalue weighted by Gasteiger charge is -2.15. The molecular formula is C8H11F3N2O2S. The van der Waals surface area contributed by atoms with Gasteiger partial charge in [0.25, 0.3) is 0 Å². The van der Waals surface area contributed by atoms with Gasteiger partial charge in [-0.05, 0) is 13.8 Å². The maximum Gasteiger partial charge on any atom is 0.415 e. The number of thioether (sulfide) groups is 1. The molecule has 8 heteroatoms. The van der Waals surface area contributed by atoms with Gasteiger partial charge in [-0.25, -0.2) is 0 Å². The van der Waals surface area contributed by atoms with Gasteiger partial charge in [0.2, 0.25) is 5.89 Å². The zero-order chi connectivity index (χ0) is 12.3. The van der Waals surface area contributed by atoms with E-state index in [1.807, 2.05) is 0 Å². The van der Waals surface area contributed by atoms with Crippen LogP contribution in [0.1, 0.15) is 23.9 Å². The maximum atomic E-state index is 12.0. The van der Waals surface area contributed by atoms with Crippen LogP contribution in [0.5, 0.6) is 0 Å². The third kappa shape index (κ3) is 3.67. The van der Waals surface area contributed by atoms with Gasteiger partial charge in [0.1, 0.15) is 0 Å². The molecule has 1 aromatic heterocycles. The van der Waals surface area contributed by atoms with Gasteiger partial charge in [0.05, 0.1) is 5.25 Å². The third-order valence-electron chi connectivity index (χ3n) is 1.77. The number of aliphatic hydroxyl groups excluding tert-OH is 1. The molecule has 2 atom stereocenters. The Labute approximate surface area is 94.2 Å². The number of aryl methyl sites for hydroxylation is 1. The van der Waals surface area contributed by atoms with Crippen molar-refractivity contribution in [1.29, 1.82) is 0 Å². The Morgan fingerprint density at radius 2 is 2.12 bits per heavy atom. The van der Waals surface area contributed by atoms with Crippen molar-refractivity contribution in [2.45, 2.75) is 31.4 Å². The first-order valence-electron chi connectivity index (χ1n) is 4.47. The quantitative estimate of drug-likeness (QED) is 0.893. The second-order valence-corrected chi connectivity index (χ2v) is 4.59. The van der Waals surface area contributed by atoms with Crippen molar-refractivity contribution in [2.75, 3.05) is 5.75 Å². The number of hydrogen-bond donors (Lipinski definition) is 1. The summed E-state index contributed by atoms with van der Waals surface area (Å²) in [6.07, 6.45) is -6.92. The normalized spacial score (nSPS) is 16.1. The number of halogens is 3. The van der Waals surface area contributed by atoms with Gasteiger partial charge < -0.3 is 9.63 Å². The highest BCUT2D eigenvalue weighted by Crippen LogP contribution is 2.31. The van der Waals surface area contributed by atoms with E-state index in [1.165, 1.54) is 0 Å². The molecule has 0 aliphatic heterocycles. The Balaban J connectivity index is 2.44. The SMILES string of the molecule is Cc1noc([C@@H](C)SC[C@H](O)C(F)(F)F)n1. The number of hydrogen-bond acceptors (Lipinski definition) is 5. The summed E-state index contributed by atoms with van der Waals surface area (Å²) >= 11 is 0.912. The summed E-state index contributed by atoms with van der Waals surface area (Å²) in [5.41, 5.74) is 0. The Morgan fingerprint density at radius 1 is 1.50 bits per heavy atom. The molecule has 1 rings (SSSR count). The number of aliphatic hydroxyl groups is 1. The van der Waals surface area contributed by atoms with Gasteiger partial charge in [-0.2, -0.15) is 18.2 Å². The van der Waals surface area contributed by atoms with Crippen molar-refractivity contribution in [3.63, 3.8) is 0 Å². The van der Waals surface area contributed by atoms with Gasteiger partial charge >= 0.3 is 6.18 Å². The number of rotatable bonds is 4. The van der Waals surface area contributed by atoms with Crippen LogP contribution in [0.2, 0.25) is 0 Å². The predicted octanol–water partition coefficient (Wildman–Crippen LogP) is 2.10. The van der Waals surface area contributed by atoms with Gasteiger partial charge in [-0.15, -0.1) is 11.8 Å². The largest absolute Gasteiger partial charge is 0.415 e. The molecule has 4 nitrogen and oxygen atoms in total. The molecule has 0 aliphatic rings.